The van der Waals surface area contributed by atoms with Gasteiger partial charge in [0.25, 0.3) is 5.91 Å². The lowest BCUT2D eigenvalue weighted by molar-refractivity contribution is 0.0944. The fraction of sp³-hybridized carbons (Fsp3) is 0.438. The summed E-state index contributed by atoms with van der Waals surface area (Å²) in [5.74, 6) is -0.0894. The summed E-state index contributed by atoms with van der Waals surface area (Å²) in [5, 5.41) is 2.88. The second-order valence-electron chi connectivity index (χ2n) is 4.90. The van der Waals surface area contributed by atoms with Gasteiger partial charge in [0, 0.05) is 25.3 Å². The Kier molecular flexibility index (Phi) is 5.22. The van der Waals surface area contributed by atoms with E-state index in [1.165, 1.54) is 0 Å². The molecule has 5 heteroatoms. The van der Waals surface area contributed by atoms with Crippen LogP contribution in [0.2, 0.25) is 0 Å². The van der Waals surface area contributed by atoms with Crippen molar-refractivity contribution in [3.05, 3.63) is 35.2 Å². The van der Waals surface area contributed by atoms with Gasteiger partial charge < -0.3 is 10.1 Å². The van der Waals surface area contributed by atoms with Crippen molar-refractivity contribution in [2.75, 3.05) is 19.8 Å². The van der Waals surface area contributed by atoms with E-state index < -0.39 is 0 Å². The predicted molar refractivity (Wildman–Crippen MR) is 82.5 cm³/mol. The van der Waals surface area contributed by atoms with Gasteiger partial charge in [0.05, 0.1) is 22.4 Å². The third kappa shape index (κ3) is 3.98. The summed E-state index contributed by atoms with van der Waals surface area (Å²) in [6, 6.07) is 5.40. The standard InChI is InChI=1S/C16H21N3O2/c1-4-21-9-5-8-17-16(20)13-6-7-14-15(10-13)19-12(3)11(2)18-14/h6-7,10H,4-5,8-9H2,1-3H3,(H,17,20). The quantitative estimate of drug-likeness (QED) is 0.829. The highest BCUT2D eigenvalue weighted by Gasteiger charge is 2.08. The molecule has 0 aliphatic rings. The molecule has 0 saturated carbocycles. The minimum atomic E-state index is -0.0894. The Balaban J connectivity index is 2.04. The lowest BCUT2D eigenvalue weighted by atomic mass is 10.1. The van der Waals surface area contributed by atoms with Crippen LogP contribution in [-0.4, -0.2) is 35.6 Å². The molecule has 0 fully saturated rings. The number of nitrogens with zero attached hydrogens (tertiary/aromatic N) is 2. The molecule has 0 spiro atoms. The molecule has 0 radical (unpaired) electrons. The Hall–Kier alpha value is -2.01. The molecule has 1 heterocycles. The maximum Gasteiger partial charge on any atom is 0.251 e. The minimum absolute atomic E-state index is 0.0894. The fourth-order valence-corrected chi connectivity index (χ4v) is 1.99. The van der Waals surface area contributed by atoms with Gasteiger partial charge in [-0.2, -0.15) is 0 Å². The van der Waals surface area contributed by atoms with Crippen LogP contribution in [0.25, 0.3) is 11.0 Å². The third-order valence-electron chi connectivity index (χ3n) is 3.29. The van der Waals surface area contributed by atoms with Crippen molar-refractivity contribution in [3.63, 3.8) is 0 Å². The molecular weight excluding hydrogens is 266 g/mol. The molecule has 5 nitrogen and oxygen atoms in total. The molecule has 1 aromatic heterocycles. The fourth-order valence-electron chi connectivity index (χ4n) is 1.99. The zero-order valence-electron chi connectivity index (χ0n) is 12.8. The molecule has 0 atom stereocenters. The smallest absolute Gasteiger partial charge is 0.251 e. The molecule has 1 aromatic carbocycles. The Morgan fingerprint density at radius 3 is 2.62 bits per heavy atom. The van der Waals surface area contributed by atoms with Gasteiger partial charge in [-0.05, 0) is 45.4 Å². The van der Waals surface area contributed by atoms with Gasteiger partial charge in [-0.1, -0.05) is 0 Å². The first kappa shape index (κ1) is 15.4. The number of amides is 1. The maximum absolute atomic E-state index is 12.1. The van der Waals surface area contributed by atoms with Gasteiger partial charge in [0.1, 0.15) is 0 Å². The SMILES string of the molecule is CCOCCCNC(=O)c1ccc2nc(C)c(C)nc2c1. The van der Waals surface area contributed by atoms with E-state index in [9.17, 15) is 4.79 Å². The molecular formula is C16H21N3O2. The number of carbonyl (C=O) groups excluding carboxylic acids is 1. The Bertz CT molecular complexity index is 641. The number of hydrogen-bond donors (Lipinski definition) is 1. The average Bonchev–Trinajstić information content (AvgIpc) is 2.47. The van der Waals surface area contributed by atoms with Crippen molar-refractivity contribution >= 4 is 16.9 Å². The van der Waals surface area contributed by atoms with Gasteiger partial charge in [0.15, 0.2) is 0 Å². The monoisotopic (exact) mass is 287 g/mol. The number of rotatable bonds is 6. The summed E-state index contributed by atoms with van der Waals surface area (Å²) in [6.07, 6.45) is 0.811. The first-order chi connectivity index (χ1) is 10.1. The molecule has 1 amide bonds. The van der Waals surface area contributed by atoms with E-state index in [-0.39, 0.29) is 5.91 Å². The molecule has 0 aliphatic carbocycles. The summed E-state index contributed by atoms with van der Waals surface area (Å²) >= 11 is 0. The van der Waals surface area contributed by atoms with Crippen molar-refractivity contribution in [2.45, 2.75) is 27.2 Å². The maximum atomic E-state index is 12.1. The summed E-state index contributed by atoms with van der Waals surface area (Å²) in [7, 11) is 0. The van der Waals surface area contributed by atoms with E-state index in [2.05, 4.69) is 15.3 Å². The lowest BCUT2D eigenvalue weighted by Crippen LogP contribution is -2.25. The van der Waals surface area contributed by atoms with E-state index in [0.29, 0.717) is 25.3 Å². The number of benzene rings is 1. The zero-order valence-corrected chi connectivity index (χ0v) is 12.8. The van der Waals surface area contributed by atoms with E-state index in [0.717, 1.165) is 28.8 Å². The molecule has 0 bridgehead atoms. The zero-order chi connectivity index (χ0) is 15.2. The van der Waals surface area contributed by atoms with Gasteiger partial charge in [0.2, 0.25) is 0 Å². The Morgan fingerprint density at radius 1 is 1.19 bits per heavy atom. The minimum Gasteiger partial charge on any atom is -0.382 e. The molecule has 0 aliphatic heterocycles. The number of fused-ring (bicyclic) bond motifs is 1. The number of aryl methyl sites for hydroxylation is 2. The van der Waals surface area contributed by atoms with Crippen molar-refractivity contribution in [1.82, 2.24) is 15.3 Å². The highest BCUT2D eigenvalue weighted by atomic mass is 16.5. The highest BCUT2D eigenvalue weighted by Crippen LogP contribution is 2.14. The molecule has 0 saturated heterocycles. The van der Waals surface area contributed by atoms with E-state index >= 15 is 0 Å². The van der Waals surface area contributed by atoms with Gasteiger partial charge in [-0.15, -0.1) is 0 Å². The van der Waals surface area contributed by atoms with Crippen molar-refractivity contribution in [2.24, 2.45) is 0 Å². The molecule has 2 aromatic rings. The second kappa shape index (κ2) is 7.13. The van der Waals surface area contributed by atoms with Crippen molar-refractivity contribution in [3.8, 4) is 0 Å². The van der Waals surface area contributed by atoms with Crippen LogP contribution in [0.4, 0.5) is 0 Å². The number of carbonyl (C=O) groups is 1. The largest absolute Gasteiger partial charge is 0.382 e. The van der Waals surface area contributed by atoms with Crippen LogP contribution < -0.4 is 5.32 Å². The summed E-state index contributed by atoms with van der Waals surface area (Å²) in [6.45, 7) is 7.78. The summed E-state index contributed by atoms with van der Waals surface area (Å²) < 4.78 is 5.23. The molecule has 112 valence electrons. The average molecular weight is 287 g/mol. The van der Waals surface area contributed by atoms with E-state index in [1.54, 1.807) is 12.1 Å². The van der Waals surface area contributed by atoms with Crippen LogP contribution in [0, 0.1) is 13.8 Å². The van der Waals surface area contributed by atoms with Gasteiger partial charge >= 0.3 is 0 Å². The Morgan fingerprint density at radius 2 is 1.90 bits per heavy atom. The second-order valence-corrected chi connectivity index (χ2v) is 4.90. The highest BCUT2D eigenvalue weighted by molar-refractivity contribution is 5.97. The van der Waals surface area contributed by atoms with Crippen LogP contribution in [0.1, 0.15) is 35.1 Å². The third-order valence-corrected chi connectivity index (χ3v) is 3.29. The van der Waals surface area contributed by atoms with E-state index in [4.69, 9.17) is 4.74 Å². The van der Waals surface area contributed by atoms with Crippen LogP contribution >= 0.6 is 0 Å². The number of aromatic nitrogens is 2. The van der Waals surface area contributed by atoms with Crippen LogP contribution in [0.3, 0.4) is 0 Å². The first-order valence-corrected chi connectivity index (χ1v) is 7.22. The molecule has 0 unspecified atom stereocenters. The van der Waals surface area contributed by atoms with Crippen LogP contribution in [-0.2, 0) is 4.74 Å². The van der Waals surface area contributed by atoms with Gasteiger partial charge in [-0.3, -0.25) is 4.79 Å². The molecule has 21 heavy (non-hydrogen) atoms. The van der Waals surface area contributed by atoms with Crippen LogP contribution in [0.5, 0.6) is 0 Å². The van der Waals surface area contributed by atoms with E-state index in [1.807, 2.05) is 26.8 Å². The van der Waals surface area contributed by atoms with Crippen LogP contribution in [0.15, 0.2) is 18.2 Å². The Labute approximate surface area is 124 Å². The number of hydrogen-bond acceptors (Lipinski definition) is 4. The van der Waals surface area contributed by atoms with Gasteiger partial charge in [-0.25, -0.2) is 9.97 Å². The normalized spacial score (nSPS) is 10.8. The first-order valence-electron chi connectivity index (χ1n) is 7.22. The molecule has 1 N–H and O–H groups in total. The predicted octanol–water partition coefficient (Wildman–Crippen LogP) is 2.40. The van der Waals surface area contributed by atoms with Crippen molar-refractivity contribution < 1.29 is 9.53 Å². The summed E-state index contributed by atoms with van der Waals surface area (Å²) in [5.41, 5.74) is 3.97. The lowest BCUT2D eigenvalue weighted by Gasteiger charge is -2.07. The number of nitrogens with one attached hydrogen (secondary N) is 1. The summed E-state index contributed by atoms with van der Waals surface area (Å²) in [4.78, 5) is 21.0. The topological polar surface area (TPSA) is 64.1 Å². The molecule has 2 rings (SSSR count). The van der Waals surface area contributed by atoms with Crippen molar-refractivity contribution in [1.29, 1.82) is 0 Å². The number of ether oxygens (including phenoxy) is 1.